The highest BCUT2D eigenvalue weighted by molar-refractivity contribution is 9.09. The molecule has 0 amide bonds. The number of benzene rings is 1. The monoisotopic (exact) mass is 301 g/mol. The van der Waals surface area contributed by atoms with Gasteiger partial charge in [0.05, 0.1) is 12.0 Å². The third kappa shape index (κ3) is 3.19. The highest BCUT2D eigenvalue weighted by Gasteiger charge is 2.24. The van der Waals surface area contributed by atoms with Crippen LogP contribution in [-0.2, 0) is 0 Å². The van der Waals surface area contributed by atoms with Gasteiger partial charge in [-0.3, -0.25) is 10.1 Å². The smallest absolute Gasteiger partial charge is 0.273 e. The lowest BCUT2D eigenvalue weighted by molar-refractivity contribution is -0.385. The number of nitrogens with zero attached hydrogens (tertiary/aromatic N) is 1. The highest BCUT2D eigenvalue weighted by atomic mass is 79.9. The Hall–Kier alpha value is -1.10. The van der Waals surface area contributed by atoms with Crippen molar-refractivity contribution >= 4 is 21.6 Å². The summed E-state index contributed by atoms with van der Waals surface area (Å²) in [6.07, 6.45) is 0.834. The molecule has 94 valence electrons. The average molecular weight is 302 g/mol. The molecule has 1 aromatic rings. The molecule has 0 aliphatic heterocycles. The normalized spacial score (nSPS) is 14.1. The predicted octanol–water partition coefficient (Wildman–Crippen LogP) is 3.88. The summed E-state index contributed by atoms with van der Waals surface area (Å²) in [5.74, 6) is 0.752. The van der Waals surface area contributed by atoms with Gasteiger partial charge in [0, 0.05) is 22.4 Å². The number of halogens is 1. The first-order chi connectivity index (χ1) is 8.01. The van der Waals surface area contributed by atoms with E-state index in [2.05, 4.69) is 15.9 Å². The maximum absolute atomic E-state index is 11.0. The summed E-state index contributed by atoms with van der Waals surface area (Å²) in [4.78, 5) is 10.9. The minimum absolute atomic E-state index is 0.102. The van der Waals surface area contributed by atoms with Crippen molar-refractivity contribution in [2.45, 2.75) is 31.0 Å². The Balaban J connectivity index is 3.29. The molecular formula is C12H16BrNO3. The van der Waals surface area contributed by atoms with E-state index in [4.69, 9.17) is 4.74 Å². The molecule has 0 N–H and O–H groups in total. The van der Waals surface area contributed by atoms with Gasteiger partial charge < -0.3 is 4.74 Å². The number of ether oxygens (including phenoxy) is 1. The molecule has 0 fully saturated rings. The van der Waals surface area contributed by atoms with Crippen molar-refractivity contribution in [2.24, 2.45) is 0 Å². The number of alkyl halides is 1. The van der Waals surface area contributed by atoms with Crippen molar-refractivity contribution in [2.75, 3.05) is 7.11 Å². The van der Waals surface area contributed by atoms with Crippen LogP contribution >= 0.6 is 15.9 Å². The van der Waals surface area contributed by atoms with Crippen molar-refractivity contribution in [1.82, 2.24) is 0 Å². The number of hydrogen-bond acceptors (Lipinski definition) is 3. The van der Waals surface area contributed by atoms with E-state index in [1.165, 1.54) is 6.07 Å². The molecule has 2 unspecified atom stereocenters. The van der Waals surface area contributed by atoms with Crippen molar-refractivity contribution in [3.63, 3.8) is 0 Å². The lowest BCUT2D eigenvalue weighted by Gasteiger charge is -2.18. The lowest BCUT2D eigenvalue weighted by atomic mass is 9.92. The van der Waals surface area contributed by atoms with Crippen LogP contribution < -0.4 is 4.74 Å². The fourth-order valence-electron chi connectivity index (χ4n) is 1.91. The number of methoxy groups -OCH3 is 1. The van der Waals surface area contributed by atoms with Crippen molar-refractivity contribution < 1.29 is 9.66 Å². The molecule has 17 heavy (non-hydrogen) atoms. The van der Waals surface area contributed by atoms with Gasteiger partial charge in [0.1, 0.15) is 5.75 Å². The number of rotatable bonds is 5. The van der Waals surface area contributed by atoms with Crippen LogP contribution in [0, 0.1) is 10.1 Å². The zero-order chi connectivity index (χ0) is 13.0. The molecule has 0 heterocycles. The molecule has 0 saturated carbocycles. The Bertz CT molecular complexity index is 407. The summed E-state index contributed by atoms with van der Waals surface area (Å²) in [5, 5.41) is 11.0. The molecule has 1 aromatic carbocycles. The van der Waals surface area contributed by atoms with Crippen LogP contribution in [0.1, 0.15) is 31.7 Å². The van der Waals surface area contributed by atoms with E-state index < -0.39 is 0 Å². The molecule has 2 atom stereocenters. The van der Waals surface area contributed by atoms with Gasteiger partial charge in [0.2, 0.25) is 0 Å². The summed E-state index contributed by atoms with van der Waals surface area (Å²) < 4.78 is 5.13. The Labute approximate surface area is 109 Å². The fourth-order valence-corrected chi connectivity index (χ4v) is 2.57. The number of nitro benzene ring substituents is 1. The third-order valence-corrected chi connectivity index (χ3v) is 3.46. The van der Waals surface area contributed by atoms with Gasteiger partial charge in [-0.15, -0.1) is 0 Å². The second kappa shape index (κ2) is 6.00. The van der Waals surface area contributed by atoms with Crippen LogP contribution in [0.5, 0.6) is 5.75 Å². The Morgan fingerprint density at radius 3 is 2.59 bits per heavy atom. The van der Waals surface area contributed by atoms with E-state index in [1.807, 2.05) is 13.8 Å². The standard InChI is InChI=1S/C12H16BrNO3/c1-4-10(8(2)13)11-7-9(17-3)5-6-12(11)14(15)16/h5-8,10H,4H2,1-3H3. The molecule has 1 rings (SSSR count). The molecule has 0 bridgehead atoms. The van der Waals surface area contributed by atoms with Gasteiger partial charge >= 0.3 is 0 Å². The van der Waals surface area contributed by atoms with Gasteiger partial charge in [0.15, 0.2) is 0 Å². The second-order valence-electron chi connectivity index (χ2n) is 3.87. The molecule has 4 nitrogen and oxygen atoms in total. The van der Waals surface area contributed by atoms with E-state index in [0.717, 1.165) is 12.0 Å². The largest absolute Gasteiger partial charge is 0.497 e. The first-order valence-electron chi connectivity index (χ1n) is 5.47. The second-order valence-corrected chi connectivity index (χ2v) is 5.32. The maximum Gasteiger partial charge on any atom is 0.273 e. The maximum atomic E-state index is 11.0. The van der Waals surface area contributed by atoms with Gasteiger partial charge in [-0.2, -0.15) is 0 Å². The SMILES string of the molecule is CCC(c1cc(OC)ccc1[N+](=O)[O-])C(C)Br. The predicted molar refractivity (Wildman–Crippen MR) is 71.1 cm³/mol. The zero-order valence-electron chi connectivity index (χ0n) is 10.1. The lowest BCUT2D eigenvalue weighted by Crippen LogP contribution is -2.10. The molecule has 5 heteroatoms. The molecule has 0 aromatic heterocycles. The van der Waals surface area contributed by atoms with Crippen LogP contribution in [0.15, 0.2) is 18.2 Å². The number of nitro groups is 1. The minimum atomic E-state index is -0.340. The zero-order valence-corrected chi connectivity index (χ0v) is 11.7. The molecule has 0 saturated heterocycles. The van der Waals surface area contributed by atoms with E-state index in [-0.39, 0.29) is 21.4 Å². The van der Waals surface area contributed by atoms with Gasteiger partial charge in [-0.1, -0.05) is 29.8 Å². The van der Waals surface area contributed by atoms with E-state index in [0.29, 0.717) is 5.75 Å². The molecule has 0 aliphatic rings. The minimum Gasteiger partial charge on any atom is -0.497 e. The first-order valence-corrected chi connectivity index (χ1v) is 6.39. The summed E-state index contributed by atoms with van der Waals surface area (Å²) in [6.45, 7) is 4.02. The summed E-state index contributed by atoms with van der Waals surface area (Å²) in [7, 11) is 1.56. The van der Waals surface area contributed by atoms with Crippen LogP contribution in [0.4, 0.5) is 5.69 Å². The summed E-state index contributed by atoms with van der Waals surface area (Å²) in [5.41, 5.74) is 0.880. The van der Waals surface area contributed by atoms with Crippen LogP contribution in [0.2, 0.25) is 0 Å². The van der Waals surface area contributed by atoms with Crippen LogP contribution in [-0.4, -0.2) is 16.9 Å². The fraction of sp³-hybridized carbons (Fsp3) is 0.500. The van der Waals surface area contributed by atoms with Gasteiger partial charge in [0.25, 0.3) is 5.69 Å². The summed E-state index contributed by atoms with van der Waals surface area (Å²) in [6, 6.07) is 4.88. The van der Waals surface area contributed by atoms with E-state index >= 15 is 0 Å². The Morgan fingerprint density at radius 1 is 1.53 bits per heavy atom. The van der Waals surface area contributed by atoms with E-state index in [1.54, 1.807) is 19.2 Å². The van der Waals surface area contributed by atoms with Crippen molar-refractivity contribution in [3.05, 3.63) is 33.9 Å². The first kappa shape index (κ1) is 14.0. The molecule has 0 radical (unpaired) electrons. The van der Waals surface area contributed by atoms with Gasteiger partial charge in [-0.05, 0) is 18.6 Å². The summed E-state index contributed by atoms with van der Waals surface area (Å²) >= 11 is 3.50. The molecular weight excluding hydrogens is 286 g/mol. The highest BCUT2D eigenvalue weighted by Crippen LogP contribution is 2.36. The molecule has 0 spiro atoms. The topological polar surface area (TPSA) is 52.4 Å². The van der Waals surface area contributed by atoms with E-state index in [9.17, 15) is 10.1 Å². The third-order valence-electron chi connectivity index (χ3n) is 2.83. The van der Waals surface area contributed by atoms with Gasteiger partial charge in [-0.25, -0.2) is 0 Å². The molecule has 0 aliphatic carbocycles. The Morgan fingerprint density at radius 2 is 2.18 bits per heavy atom. The van der Waals surface area contributed by atoms with Crippen LogP contribution in [0.25, 0.3) is 0 Å². The quantitative estimate of drug-likeness (QED) is 0.471. The van der Waals surface area contributed by atoms with Crippen molar-refractivity contribution in [3.8, 4) is 5.75 Å². The van der Waals surface area contributed by atoms with Crippen LogP contribution in [0.3, 0.4) is 0 Å². The average Bonchev–Trinajstić information content (AvgIpc) is 2.29. The Kier molecular flexibility index (Phi) is 4.93. The van der Waals surface area contributed by atoms with Crippen molar-refractivity contribution in [1.29, 1.82) is 0 Å². The number of hydrogen-bond donors (Lipinski definition) is 0.